The Bertz CT molecular complexity index is 252. The highest BCUT2D eigenvalue weighted by molar-refractivity contribution is 5.75. The van der Waals surface area contributed by atoms with Crippen LogP contribution in [0.5, 0.6) is 0 Å². The first-order valence-electron chi connectivity index (χ1n) is 4.36. The summed E-state index contributed by atoms with van der Waals surface area (Å²) in [5, 5.41) is 8.74. The third kappa shape index (κ3) is 2.44. The molecular formula is C9H13NO4. The van der Waals surface area contributed by atoms with Crippen LogP contribution in [0.25, 0.3) is 0 Å². The molecule has 0 aromatic rings. The first-order valence-corrected chi connectivity index (χ1v) is 4.36. The fourth-order valence-corrected chi connectivity index (χ4v) is 1.37. The van der Waals surface area contributed by atoms with Crippen LogP contribution in [0.2, 0.25) is 0 Å². The molecule has 0 saturated carbocycles. The second kappa shape index (κ2) is 4.40. The van der Waals surface area contributed by atoms with E-state index in [1.54, 1.807) is 6.92 Å². The van der Waals surface area contributed by atoms with Crippen molar-refractivity contribution in [2.75, 3.05) is 20.3 Å². The van der Waals surface area contributed by atoms with Crippen LogP contribution in [0.1, 0.15) is 13.3 Å². The molecule has 1 saturated heterocycles. The van der Waals surface area contributed by atoms with E-state index in [9.17, 15) is 4.79 Å². The predicted molar refractivity (Wildman–Crippen MR) is 46.0 cm³/mol. The van der Waals surface area contributed by atoms with Gasteiger partial charge in [0.2, 0.25) is 0 Å². The molecule has 14 heavy (non-hydrogen) atoms. The minimum atomic E-state index is -0.830. The summed E-state index contributed by atoms with van der Waals surface area (Å²) in [7, 11) is 1.26. The summed E-state index contributed by atoms with van der Waals surface area (Å²) < 4.78 is 15.1. The first-order chi connectivity index (χ1) is 6.61. The Morgan fingerprint density at radius 3 is 2.64 bits per heavy atom. The van der Waals surface area contributed by atoms with Crippen LogP contribution in [0.15, 0.2) is 0 Å². The number of carbonyl (C=O) groups excluding carboxylic acids is 1. The van der Waals surface area contributed by atoms with E-state index in [2.05, 4.69) is 4.74 Å². The number of nitrogens with zero attached hydrogens (tertiary/aromatic N) is 1. The van der Waals surface area contributed by atoms with Gasteiger partial charge in [0.25, 0.3) is 0 Å². The fraction of sp³-hybridized carbons (Fsp3) is 0.778. The molecule has 1 aliphatic rings. The topological polar surface area (TPSA) is 68.6 Å². The van der Waals surface area contributed by atoms with E-state index in [-0.39, 0.29) is 6.42 Å². The lowest BCUT2D eigenvalue weighted by Crippen LogP contribution is -2.31. The van der Waals surface area contributed by atoms with Gasteiger partial charge in [-0.25, -0.2) is 0 Å². The summed E-state index contributed by atoms with van der Waals surface area (Å²) in [6, 6.07) is 1.87. The molecule has 0 radical (unpaired) electrons. The zero-order valence-electron chi connectivity index (χ0n) is 8.28. The Balaban J connectivity index is 2.56. The normalized spacial score (nSPS) is 21.2. The third-order valence-corrected chi connectivity index (χ3v) is 2.11. The van der Waals surface area contributed by atoms with Gasteiger partial charge in [-0.3, -0.25) is 4.79 Å². The SMILES string of the molecule is COC(=O)C(C#N)CC1(C)OCCO1. The highest BCUT2D eigenvalue weighted by Crippen LogP contribution is 2.26. The number of methoxy groups -OCH3 is 1. The quantitative estimate of drug-likeness (QED) is 0.617. The summed E-state index contributed by atoms with van der Waals surface area (Å²) in [6.07, 6.45) is 0.205. The minimum absolute atomic E-state index is 0.205. The number of ether oxygens (including phenoxy) is 3. The van der Waals surface area contributed by atoms with Crippen molar-refractivity contribution in [3.05, 3.63) is 0 Å². The summed E-state index contributed by atoms with van der Waals surface area (Å²) in [4.78, 5) is 11.1. The van der Waals surface area contributed by atoms with E-state index in [0.29, 0.717) is 13.2 Å². The monoisotopic (exact) mass is 199 g/mol. The van der Waals surface area contributed by atoms with Crippen molar-refractivity contribution < 1.29 is 19.0 Å². The van der Waals surface area contributed by atoms with Crippen molar-refractivity contribution in [1.82, 2.24) is 0 Å². The molecule has 1 atom stereocenters. The lowest BCUT2D eigenvalue weighted by molar-refractivity contribution is -0.165. The van der Waals surface area contributed by atoms with Crippen LogP contribution in [-0.4, -0.2) is 32.1 Å². The van der Waals surface area contributed by atoms with E-state index in [4.69, 9.17) is 14.7 Å². The van der Waals surface area contributed by atoms with Crippen molar-refractivity contribution >= 4 is 5.97 Å². The highest BCUT2D eigenvalue weighted by atomic mass is 16.7. The fourth-order valence-electron chi connectivity index (χ4n) is 1.37. The van der Waals surface area contributed by atoms with Gasteiger partial charge in [-0.05, 0) is 6.92 Å². The van der Waals surface area contributed by atoms with Crippen molar-refractivity contribution in [2.45, 2.75) is 19.1 Å². The summed E-state index contributed by atoms with van der Waals surface area (Å²) in [5.41, 5.74) is 0. The lowest BCUT2D eigenvalue weighted by Gasteiger charge is -2.23. The predicted octanol–water partition coefficient (Wildman–Crippen LogP) is 0.452. The maximum atomic E-state index is 11.1. The molecule has 0 aromatic heterocycles. The molecule has 0 aromatic carbocycles. The van der Waals surface area contributed by atoms with Crippen molar-refractivity contribution in [1.29, 1.82) is 5.26 Å². The summed E-state index contributed by atoms with van der Waals surface area (Å²) >= 11 is 0. The Hall–Kier alpha value is -1.12. The molecule has 1 aliphatic heterocycles. The van der Waals surface area contributed by atoms with Crippen molar-refractivity contribution in [2.24, 2.45) is 5.92 Å². The summed E-state index contributed by atoms with van der Waals surface area (Å²) in [5.74, 6) is -2.20. The lowest BCUT2D eigenvalue weighted by atomic mass is 10.0. The highest BCUT2D eigenvalue weighted by Gasteiger charge is 2.36. The zero-order chi connectivity index (χ0) is 10.6. The number of esters is 1. The van der Waals surface area contributed by atoms with E-state index < -0.39 is 17.7 Å². The van der Waals surface area contributed by atoms with Gasteiger partial charge in [0.05, 0.1) is 26.4 Å². The molecule has 78 valence electrons. The van der Waals surface area contributed by atoms with Crippen LogP contribution >= 0.6 is 0 Å². The van der Waals surface area contributed by atoms with Crippen LogP contribution in [0, 0.1) is 17.2 Å². The van der Waals surface area contributed by atoms with Crippen LogP contribution in [0.3, 0.4) is 0 Å². The van der Waals surface area contributed by atoms with E-state index in [0.717, 1.165) is 0 Å². The zero-order valence-corrected chi connectivity index (χ0v) is 8.28. The molecule has 0 N–H and O–H groups in total. The molecule has 5 nitrogen and oxygen atoms in total. The molecular weight excluding hydrogens is 186 g/mol. The van der Waals surface area contributed by atoms with Gasteiger partial charge in [0, 0.05) is 6.42 Å². The van der Waals surface area contributed by atoms with E-state index >= 15 is 0 Å². The van der Waals surface area contributed by atoms with Crippen LogP contribution in [0.4, 0.5) is 0 Å². The molecule has 1 rings (SSSR count). The van der Waals surface area contributed by atoms with Crippen LogP contribution in [-0.2, 0) is 19.0 Å². The smallest absolute Gasteiger partial charge is 0.323 e. The second-order valence-corrected chi connectivity index (χ2v) is 3.24. The molecule has 0 amide bonds. The minimum Gasteiger partial charge on any atom is -0.468 e. The van der Waals surface area contributed by atoms with Gasteiger partial charge in [0.15, 0.2) is 5.79 Å². The first kappa shape index (κ1) is 11.0. The number of rotatable bonds is 3. The molecule has 0 spiro atoms. The molecule has 0 aliphatic carbocycles. The Morgan fingerprint density at radius 1 is 1.64 bits per heavy atom. The molecule has 0 bridgehead atoms. The van der Waals surface area contributed by atoms with Crippen LogP contribution < -0.4 is 0 Å². The largest absolute Gasteiger partial charge is 0.468 e. The Labute approximate surface area is 82.5 Å². The second-order valence-electron chi connectivity index (χ2n) is 3.24. The van der Waals surface area contributed by atoms with Gasteiger partial charge < -0.3 is 14.2 Å². The molecule has 1 unspecified atom stereocenters. The third-order valence-electron chi connectivity index (χ3n) is 2.11. The average Bonchev–Trinajstić information content (AvgIpc) is 2.61. The van der Waals surface area contributed by atoms with Crippen molar-refractivity contribution in [3.8, 4) is 6.07 Å². The van der Waals surface area contributed by atoms with E-state index in [1.807, 2.05) is 6.07 Å². The van der Waals surface area contributed by atoms with Crippen molar-refractivity contribution in [3.63, 3.8) is 0 Å². The molecule has 5 heteroatoms. The number of hydrogen-bond donors (Lipinski definition) is 0. The maximum absolute atomic E-state index is 11.1. The Kier molecular flexibility index (Phi) is 3.44. The maximum Gasteiger partial charge on any atom is 0.323 e. The molecule has 1 fully saturated rings. The van der Waals surface area contributed by atoms with Gasteiger partial charge in [-0.15, -0.1) is 0 Å². The van der Waals surface area contributed by atoms with E-state index in [1.165, 1.54) is 7.11 Å². The Morgan fingerprint density at radius 2 is 2.21 bits per heavy atom. The van der Waals surface area contributed by atoms with Gasteiger partial charge in [0.1, 0.15) is 5.92 Å². The number of hydrogen-bond acceptors (Lipinski definition) is 5. The molecule has 1 heterocycles. The van der Waals surface area contributed by atoms with Gasteiger partial charge in [-0.1, -0.05) is 0 Å². The standard InChI is InChI=1S/C9H13NO4/c1-9(13-3-4-14-9)5-7(6-10)8(11)12-2/h7H,3-5H2,1-2H3. The van der Waals surface area contributed by atoms with Gasteiger partial charge in [-0.2, -0.15) is 5.26 Å². The van der Waals surface area contributed by atoms with Gasteiger partial charge >= 0.3 is 5.97 Å². The summed E-state index contributed by atoms with van der Waals surface area (Å²) in [6.45, 7) is 2.71. The number of carbonyl (C=O) groups is 1. The number of nitriles is 1. The average molecular weight is 199 g/mol.